The van der Waals surface area contributed by atoms with E-state index in [1.165, 1.54) is 36.8 Å². The molecule has 27 heavy (non-hydrogen) atoms. The molecule has 0 amide bonds. The van der Waals surface area contributed by atoms with Crippen molar-refractivity contribution in [2.24, 2.45) is 0 Å². The van der Waals surface area contributed by atoms with Gasteiger partial charge in [0.1, 0.15) is 0 Å². The van der Waals surface area contributed by atoms with Crippen LogP contribution in [-0.4, -0.2) is 10.6 Å². The summed E-state index contributed by atoms with van der Waals surface area (Å²) in [5.74, 6) is 0. The van der Waals surface area contributed by atoms with Crippen LogP contribution in [0.5, 0.6) is 0 Å². The van der Waals surface area contributed by atoms with Crippen LogP contribution in [0.3, 0.4) is 0 Å². The standard InChI is InChI=1S/C25H33NO/c1-3-5-19-25(18-4-2)20-12-17-24(23-15-10-7-11-16-23)26(25)27-21-22-13-8-6-9-14-22/h4,6-11,13-16,24H,2-3,5,12,17-21H2,1H3/t24-,25-/m1/s1. The molecule has 2 atom stereocenters. The predicted molar refractivity (Wildman–Crippen MR) is 113 cm³/mol. The van der Waals surface area contributed by atoms with E-state index in [9.17, 15) is 0 Å². The van der Waals surface area contributed by atoms with Crippen molar-refractivity contribution in [3.8, 4) is 0 Å². The van der Waals surface area contributed by atoms with E-state index in [2.05, 4.69) is 85.3 Å². The molecule has 1 fully saturated rings. The zero-order valence-electron chi connectivity index (χ0n) is 16.6. The molecule has 0 spiro atoms. The SMILES string of the molecule is C=CC[C@@]1(CCCC)CCC[C@H](c2ccccc2)N1OCc1ccccc1. The quantitative estimate of drug-likeness (QED) is 0.452. The van der Waals surface area contributed by atoms with Gasteiger partial charge in [-0.2, -0.15) is 5.06 Å². The lowest BCUT2D eigenvalue weighted by molar-refractivity contribution is -0.275. The molecule has 0 aromatic heterocycles. The summed E-state index contributed by atoms with van der Waals surface area (Å²) in [5.41, 5.74) is 2.62. The molecule has 2 aromatic rings. The Morgan fingerprint density at radius 1 is 1.11 bits per heavy atom. The number of rotatable bonds is 9. The van der Waals surface area contributed by atoms with Crippen LogP contribution in [0.1, 0.15) is 69.0 Å². The first kappa shape index (κ1) is 19.9. The Bertz CT molecular complexity index is 684. The van der Waals surface area contributed by atoms with Crippen LogP contribution in [0.25, 0.3) is 0 Å². The van der Waals surface area contributed by atoms with E-state index < -0.39 is 0 Å². The van der Waals surface area contributed by atoms with Gasteiger partial charge in [-0.3, -0.25) is 4.84 Å². The summed E-state index contributed by atoms with van der Waals surface area (Å²) in [6.07, 6.45) is 10.2. The van der Waals surface area contributed by atoms with Gasteiger partial charge in [0.15, 0.2) is 0 Å². The maximum absolute atomic E-state index is 6.59. The van der Waals surface area contributed by atoms with Crippen LogP contribution in [0.15, 0.2) is 73.3 Å². The largest absolute Gasteiger partial charge is 0.293 e. The molecule has 144 valence electrons. The number of nitrogens with zero attached hydrogens (tertiary/aromatic N) is 1. The van der Waals surface area contributed by atoms with E-state index in [4.69, 9.17) is 4.84 Å². The first-order chi connectivity index (χ1) is 13.3. The average Bonchev–Trinajstić information content (AvgIpc) is 2.73. The maximum atomic E-state index is 6.59. The zero-order chi connectivity index (χ0) is 19.0. The van der Waals surface area contributed by atoms with Crippen molar-refractivity contribution in [3.63, 3.8) is 0 Å². The van der Waals surface area contributed by atoms with Crippen molar-refractivity contribution >= 4 is 0 Å². The highest BCUT2D eigenvalue weighted by atomic mass is 16.7. The lowest BCUT2D eigenvalue weighted by Crippen LogP contribution is -2.52. The molecule has 1 aliphatic heterocycles. The van der Waals surface area contributed by atoms with Crippen molar-refractivity contribution in [1.29, 1.82) is 0 Å². The van der Waals surface area contributed by atoms with Crippen molar-refractivity contribution < 1.29 is 4.84 Å². The maximum Gasteiger partial charge on any atom is 0.0936 e. The second-order valence-corrected chi connectivity index (χ2v) is 7.72. The summed E-state index contributed by atoms with van der Waals surface area (Å²) in [6, 6.07) is 21.7. The van der Waals surface area contributed by atoms with Gasteiger partial charge in [0, 0.05) is 0 Å². The van der Waals surface area contributed by atoms with Gasteiger partial charge >= 0.3 is 0 Å². The monoisotopic (exact) mass is 363 g/mol. The van der Waals surface area contributed by atoms with Gasteiger partial charge in [0.25, 0.3) is 0 Å². The number of hydrogen-bond donors (Lipinski definition) is 0. The Hall–Kier alpha value is -1.90. The summed E-state index contributed by atoms with van der Waals surface area (Å²) < 4.78 is 0. The third kappa shape index (κ3) is 4.88. The molecule has 2 heteroatoms. The van der Waals surface area contributed by atoms with Crippen molar-refractivity contribution in [1.82, 2.24) is 5.06 Å². The highest BCUT2D eigenvalue weighted by molar-refractivity contribution is 5.21. The number of benzene rings is 2. The first-order valence-electron chi connectivity index (χ1n) is 10.4. The minimum absolute atomic E-state index is 0.0469. The number of hydrogen-bond acceptors (Lipinski definition) is 2. The molecule has 2 nitrogen and oxygen atoms in total. The molecule has 1 saturated heterocycles. The van der Waals surface area contributed by atoms with Crippen LogP contribution in [-0.2, 0) is 11.4 Å². The van der Waals surface area contributed by atoms with Crippen LogP contribution < -0.4 is 0 Å². The fourth-order valence-electron chi connectivity index (χ4n) is 4.41. The van der Waals surface area contributed by atoms with Crippen molar-refractivity contribution in [2.45, 2.75) is 70.1 Å². The van der Waals surface area contributed by atoms with Crippen LogP contribution in [0.2, 0.25) is 0 Å². The molecule has 2 aromatic carbocycles. The van der Waals surface area contributed by atoms with E-state index in [1.807, 2.05) is 0 Å². The molecular formula is C25H33NO. The molecule has 0 radical (unpaired) electrons. The van der Waals surface area contributed by atoms with Gasteiger partial charge in [-0.25, -0.2) is 0 Å². The van der Waals surface area contributed by atoms with Crippen molar-refractivity contribution in [3.05, 3.63) is 84.4 Å². The molecule has 0 saturated carbocycles. The average molecular weight is 364 g/mol. The molecule has 0 bridgehead atoms. The van der Waals surface area contributed by atoms with Crippen molar-refractivity contribution in [2.75, 3.05) is 0 Å². The van der Waals surface area contributed by atoms with Gasteiger partial charge in [-0.05, 0) is 43.2 Å². The van der Waals surface area contributed by atoms with E-state index in [1.54, 1.807) is 0 Å². The number of unbranched alkanes of at least 4 members (excludes halogenated alkanes) is 1. The minimum atomic E-state index is 0.0469. The molecule has 1 heterocycles. The van der Waals surface area contributed by atoms with E-state index >= 15 is 0 Å². The van der Waals surface area contributed by atoms with E-state index in [-0.39, 0.29) is 5.54 Å². The van der Waals surface area contributed by atoms with Gasteiger partial charge < -0.3 is 0 Å². The van der Waals surface area contributed by atoms with Gasteiger partial charge in [0.05, 0.1) is 18.2 Å². The molecular weight excluding hydrogens is 330 g/mol. The third-order valence-corrected chi connectivity index (χ3v) is 5.79. The molecule has 0 N–H and O–H groups in total. The predicted octanol–water partition coefficient (Wildman–Crippen LogP) is 6.85. The first-order valence-corrected chi connectivity index (χ1v) is 10.4. The summed E-state index contributed by atoms with van der Waals surface area (Å²) in [6.45, 7) is 6.97. The van der Waals surface area contributed by atoms with Crippen LogP contribution in [0, 0.1) is 0 Å². The Balaban J connectivity index is 1.90. The normalized spacial score (nSPS) is 23.2. The van der Waals surface area contributed by atoms with E-state index in [0.717, 1.165) is 19.3 Å². The van der Waals surface area contributed by atoms with Gasteiger partial charge in [-0.15, -0.1) is 6.58 Å². The lowest BCUT2D eigenvalue weighted by Gasteiger charge is -2.50. The molecule has 1 aliphatic rings. The van der Waals surface area contributed by atoms with E-state index in [0.29, 0.717) is 12.6 Å². The van der Waals surface area contributed by atoms with Gasteiger partial charge in [-0.1, -0.05) is 86.5 Å². The van der Waals surface area contributed by atoms with Gasteiger partial charge in [0.2, 0.25) is 0 Å². The van der Waals surface area contributed by atoms with Crippen LogP contribution in [0.4, 0.5) is 0 Å². The zero-order valence-corrected chi connectivity index (χ0v) is 16.6. The summed E-state index contributed by atoms with van der Waals surface area (Å²) in [5, 5.41) is 2.36. The Morgan fingerprint density at radius 2 is 1.81 bits per heavy atom. The third-order valence-electron chi connectivity index (χ3n) is 5.79. The molecule has 0 unspecified atom stereocenters. The topological polar surface area (TPSA) is 12.5 Å². The molecule has 3 rings (SSSR count). The molecule has 0 aliphatic carbocycles. The number of piperidine rings is 1. The lowest BCUT2D eigenvalue weighted by atomic mass is 9.77. The smallest absolute Gasteiger partial charge is 0.0936 e. The minimum Gasteiger partial charge on any atom is -0.293 e. The highest BCUT2D eigenvalue weighted by Crippen LogP contribution is 2.45. The Morgan fingerprint density at radius 3 is 2.48 bits per heavy atom. The van der Waals surface area contributed by atoms with Crippen LogP contribution >= 0.6 is 0 Å². The fourth-order valence-corrected chi connectivity index (χ4v) is 4.41. The fraction of sp³-hybridized carbons (Fsp3) is 0.440. The highest BCUT2D eigenvalue weighted by Gasteiger charge is 2.43. The summed E-state index contributed by atoms with van der Waals surface area (Å²) >= 11 is 0. The number of hydroxylamine groups is 2. The second-order valence-electron chi connectivity index (χ2n) is 7.72. The summed E-state index contributed by atoms with van der Waals surface area (Å²) in [4.78, 5) is 6.59. The Labute approximate surface area is 164 Å². The second kappa shape index (κ2) is 9.87. The summed E-state index contributed by atoms with van der Waals surface area (Å²) in [7, 11) is 0. The Kier molecular flexibility index (Phi) is 7.25.